The lowest BCUT2D eigenvalue weighted by Crippen LogP contribution is -1.90. The van der Waals surface area contributed by atoms with Crippen molar-refractivity contribution in [2.75, 3.05) is 0 Å². The molecule has 17 heavy (non-hydrogen) atoms. The highest BCUT2D eigenvalue weighted by Crippen LogP contribution is 2.27. The summed E-state index contributed by atoms with van der Waals surface area (Å²) in [5.74, 6) is 0. The highest BCUT2D eigenvalue weighted by Gasteiger charge is 2.09. The summed E-state index contributed by atoms with van der Waals surface area (Å²) < 4.78 is 0. The van der Waals surface area contributed by atoms with Gasteiger partial charge in [-0.25, -0.2) is 9.97 Å². The zero-order chi connectivity index (χ0) is 11.8. The second-order valence-corrected chi connectivity index (χ2v) is 4.19. The highest BCUT2D eigenvalue weighted by molar-refractivity contribution is 6.28. The Morgan fingerprint density at radius 1 is 1.24 bits per heavy atom. The Morgan fingerprint density at radius 3 is 2.88 bits per heavy atom. The van der Waals surface area contributed by atoms with Crippen LogP contribution in [0.25, 0.3) is 22.2 Å². The number of halogens is 1. The van der Waals surface area contributed by atoms with Crippen LogP contribution >= 0.6 is 11.6 Å². The molecule has 1 N–H and O–H groups in total. The van der Waals surface area contributed by atoms with Gasteiger partial charge in [-0.2, -0.15) is 5.10 Å². The van der Waals surface area contributed by atoms with Crippen molar-refractivity contribution in [1.82, 2.24) is 20.2 Å². The lowest BCUT2D eigenvalue weighted by molar-refractivity contribution is 1.09. The third-order valence-electron chi connectivity index (χ3n) is 2.60. The molecule has 0 spiro atoms. The van der Waals surface area contributed by atoms with Crippen molar-refractivity contribution in [3.63, 3.8) is 0 Å². The van der Waals surface area contributed by atoms with Gasteiger partial charge in [0.25, 0.3) is 0 Å². The number of aromatic amines is 1. The average molecular weight is 245 g/mol. The van der Waals surface area contributed by atoms with Crippen molar-refractivity contribution in [2.45, 2.75) is 6.92 Å². The van der Waals surface area contributed by atoms with Crippen LogP contribution in [0.4, 0.5) is 0 Å². The molecule has 4 nitrogen and oxygen atoms in total. The third-order valence-corrected chi connectivity index (χ3v) is 2.76. The van der Waals surface area contributed by atoms with Crippen LogP contribution in [0.2, 0.25) is 5.28 Å². The van der Waals surface area contributed by atoms with Gasteiger partial charge in [-0.3, -0.25) is 5.10 Å². The van der Waals surface area contributed by atoms with E-state index < -0.39 is 0 Å². The number of benzene rings is 1. The predicted molar refractivity (Wildman–Crippen MR) is 66.9 cm³/mol. The fraction of sp³-hybridized carbons (Fsp3) is 0.0833. The van der Waals surface area contributed by atoms with Gasteiger partial charge in [-0.1, -0.05) is 11.6 Å². The zero-order valence-electron chi connectivity index (χ0n) is 9.11. The van der Waals surface area contributed by atoms with Gasteiger partial charge < -0.3 is 0 Å². The van der Waals surface area contributed by atoms with Crippen LogP contribution in [0.3, 0.4) is 0 Å². The zero-order valence-corrected chi connectivity index (χ0v) is 9.86. The van der Waals surface area contributed by atoms with Crippen LogP contribution in [0.1, 0.15) is 5.56 Å². The minimum Gasteiger partial charge on any atom is -0.285 e. The SMILES string of the molecule is Cc1ccc2nc(Cl)nc(-c3cn[nH]c3)c2c1. The molecule has 0 saturated carbocycles. The number of hydrogen-bond donors (Lipinski definition) is 1. The molecule has 0 saturated heterocycles. The topological polar surface area (TPSA) is 54.5 Å². The summed E-state index contributed by atoms with van der Waals surface area (Å²) in [5.41, 5.74) is 3.71. The van der Waals surface area contributed by atoms with Crippen molar-refractivity contribution in [2.24, 2.45) is 0 Å². The molecule has 0 atom stereocenters. The van der Waals surface area contributed by atoms with Gasteiger partial charge in [-0.05, 0) is 30.7 Å². The molecule has 0 unspecified atom stereocenters. The summed E-state index contributed by atoms with van der Waals surface area (Å²) in [6.45, 7) is 2.03. The molecule has 1 aromatic carbocycles. The monoisotopic (exact) mass is 244 g/mol. The quantitative estimate of drug-likeness (QED) is 0.670. The Hall–Kier alpha value is -1.94. The molecule has 5 heteroatoms. The molecule has 0 aliphatic carbocycles. The van der Waals surface area contributed by atoms with Gasteiger partial charge in [0, 0.05) is 17.1 Å². The van der Waals surface area contributed by atoms with Crippen LogP contribution in [0.15, 0.2) is 30.6 Å². The number of aryl methyl sites for hydroxylation is 1. The Morgan fingerprint density at radius 2 is 2.12 bits per heavy atom. The molecule has 3 rings (SSSR count). The number of fused-ring (bicyclic) bond motifs is 1. The standard InChI is InChI=1S/C12H9ClN4/c1-7-2-3-10-9(4-7)11(17-12(13)16-10)8-5-14-15-6-8/h2-6H,1H3,(H,14,15). The van der Waals surface area contributed by atoms with Crippen LogP contribution in [-0.4, -0.2) is 20.2 Å². The Bertz CT molecular complexity index is 676. The molecule has 2 heterocycles. The van der Waals surface area contributed by atoms with Gasteiger partial charge in [0.2, 0.25) is 5.28 Å². The maximum Gasteiger partial charge on any atom is 0.223 e. The molecular formula is C12H9ClN4. The van der Waals surface area contributed by atoms with Crippen LogP contribution < -0.4 is 0 Å². The van der Waals surface area contributed by atoms with Crippen molar-refractivity contribution < 1.29 is 0 Å². The average Bonchev–Trinajstić information content (AvgIpc) is 2.82. The lowest BCUT2D eigenvalue weighted by atomic mass is 10.1. The van der Waals surface area contributed by atoms with Gasteiger partial charge in [-0.15, -0.1) is 0 Å². The first-order chi connectivity index (χ1) is 8.24. The fourth-order valence-corrected chi connectivity index (χ4v) is 1.99. The van der Waals surface area contributed by atoms with E-state index in [2.05, 4.69) is 20.2 Å². The number of rotatable bonds is 1. The number of aromatic nitrogens is 4. The van der Waals surface area contributed by atoms with Crippen LogP contribution in [-0.2, 0) is 0 Å². The Balaban J connectivity index is 2.39. The van der Waals surface area contributed by atoms with Gasteiger partial charge in [0.05, 0.1) is 17.4 Å². The van der Waals surface area contributed by atoms with Gasteiger partial charge in [0.15, 0.2) is 0 Å². The summed E-state index contributed by atoms with van der Waals surface area (Å²) in [6.07, 6.45) is 3.51. The first-order valence-corrected chi connectivity index (χ1v) is 5.55. The van der Waals surface area contributed by atoms with Gasteiger partial charge in [0.1, 0.15) is 0 Å². The maximum atomic E-state index is 5.93. The van der Waals surface area contributed by atoms with Crippen molar-refractivity contribution in [1.29, 1.82) is 0 Å². The summed E-state index contributed by atoms with van der Waals surface area (Å²) in [5, 5.41) is 7.93. The molecular weight excluding hydrogens is 236 g/mol. The Kier molecular flexibility index (Phi) is 2.30. The second kappa shape index (κ2) is 3.82. The number of nitrogens with one attached hydrogen (secondary N) is 1. The summed E-state index contributed by atoms with van der Waals surface area (Å²) in [4.78, 5) is 8.49. The van der Waals surface area contributed by atoms with Crippen molar-refractivity contribution >= 4 is 22.5 Å². The smallest absolute Gasteiger partial charge is 0.223 e. The third kappa shape index (κ3) is 1.76. The number of hydrogen-bond acceptors (Lipinski definition) is 3. The molecule has 2 aromatic heterocycles. The van der Waals surface area contributed by atoms with Crippen molar-refractivity contribution in [3.05, 3.63) is 41.4 Å². The van der Waals surface area contributed by atoms with E-state index in [0.29, 0.717) is 0 Å². The minimum absolute atomic E-state index is 0.248. The van der Waals surface area contributed by atoms with E-state index in [9.17, 15) is 0 Å². The van der Waals surface area contributed by atoms with Crippen molar-refractivity contribution in [3.8, 4) is 11.3 Å². The van der Waals surface area contributed by atoms with E-state index >= 15 is 0 Å². The highest BCUT2D eigenvalue weighted by atomic mass is 35.5. The largest absolute Gasteiger partial charge is 0.285 e. The summed E-state index contributed by atoms with van der Waals surface area (Å²) >= 11 is 5.93. The number of H-pyrrole nitrogens is 1. The summed E-state index contributed by atoms with van der Waals surface area (Å²) in [7, 11) is 0. The van der Waals surface area contributed by atoms with Crippen LogP contribution in [0.5, 0.6) is 0 Å². The normalized spacial score (nSPS) is 10.9. The first kappa shape index (κ1) is 10.2. The van der Waals surface area contributed by atoms with E-state index in [1.165, 1.54) is 0 Å². The Labute approximate surface area is 103 Å². The minimum atomic E-state index is 0.248. The fourth-order valence-electron chi connectivity index (χ4n) is 1.81. The predicted octanol–water partition coefficient (Wildman–Crippen LogP) is 2.98. The summed E-state index contributed by atoms with van der Waals surface area (Å²) in [6, 6.07) is 6.00. The lowest BCUT2D eigenvalue weighted by Gasteiger charge is -2.04. The molecule has 0 bridgehead atoms. The van der Waals surface area contributed by atoms with Crippen LogP contribution in [0, 0.1) is 6.92 Å². The second-order valence-electron chi connectivity index (χ2n) is 3.85. The molecule has 0 amide bonds. The molecule has 0 radical (unpaired) electrons. The maximum absolute atomic E-state index is 5.93. The van der Waals surface area contributed by atoms with E-state index in [1.807, 2.05) is 25.1 Å². The van der Waals surface area contributed by atoms with E-state index in [4.69, 9.17) is 11.6 Å². The molecule has 0 fully saturated rings. The van der Waals surface area contributed by atoms with E-state index in [1.54, 1.807) is 12.4 Å². The van der Waals surface area contributed by atoms with Gasteiger partial charge >= 0.3 is 0 Å². The first-order valence-electron chi connectivity index (χ1n) is 5.17. The van der Waals surface area contributed by atoms with E-state index in [-0.39, 0.29) is 5.28 Å². The molecule has 0 aliphatic rings. The number of nitrogens with zero attached hydrogens (tertiary/aromatic N) is 3. The molecule has 84 valence electrons. The van der Waals surface area contributed by atoms with E-state index in [0.717, 1.165) is 27.7 Å². The molecule has 3 aromatic rings. The molecule has 0 aliphatic heterocycles.